The molecule has 2 aromatic rings. The molecule has 0 radical (unpaired) electrons. The second kappa shape index (κ2) is 5.17. The van der Waals surface area contributed by atoms with Gasteiger partial charge in [0, 0.05) is 14.5 Å². The van der Waals surface area contributed by atoms with Gasteiger partial charge in [0.05, 0.1) is 5.69 Å². The largest absolute Gasteiger partial charge is 0.455 e. The van der Waals surface area contributed by atoms with Gasteiger partial charge >= 0.3 is 0 Å². The zero-order chi connectivity index (χ0) is 12.4. The zero-order valence-electron chi connectivity index (χ0n) is 8.58. The van der Waals surface area contributed by atoms with Crippen LogP contribution < -0.4 is 10.5 Å². The highest BCUT2D eigenvalue weighted by Crippen LogP contribution is 2.32. The van der Waals surface area contributed by atoms with Crippen molar-refractivity contribution in [3.63, 3.8) is 0 Å². The van der Waals surface area contributed by atoms with Gasteiger partial charge in [-0.2, -0.15) is 0 Å². The Morgan fingerprint density at radius 1 is 1.00 bits per heavy atom. The third-order valence-corrected chi connectivity index (χ3v) is 2.97. The Morgan fingerprint density at radius 3 is 2.24 bits per heavy atom. The Balaban J connectivity index is 2.31. The van der Waals surface area contributed by atoms with Crippen molar-refractivity contribution in [3.8, 4) is 11.5 Å². The van der Waals surface area contributed by atoms with E-state index in [2.05, 4.69) is 15.9 Å². The highest BCUT2D eigenvalue weighted by Gasteiger charge is 2.04. The minimum Gasteiger partial charge on any atom is -0.455 e. The summed E-state index contributed by atoms with van der Waals surface area (Å²) in [6.45, 7) is 0. The summed E-state index contributed by atoms with van der Waals surface area (Å²) in [5.74, 6) is 1.11. The van der Waals surface area contributed by atoms with Crippen molar-refractivity contribution in [2.75, 3.05) is 5.73 Å². The Kier molecular flexibility index (Phi) is 3.82. The fourth-order valence-corrected chi connectivity index (χ4v) is 2.21. The van der Waals surface area contributed by atoms with Crippen LogP contribution in [0.2, 0.25) is 10.0 Å². The molecule has 0 aliphatic rings. The minimum atomic E-state index is 0.517. The number of nitrogen functional groups attached to an aromatic ring is 1. The van der Waals surface area contributed by atoms with Gasteiger partial charge in [0.25, 0.3) is 0 Å². The van der Waals surface area contributed by atoms with E-state index in [0.717, 1.165) is 4.47 Å². The normalized spacial score (nSPS) is 10.3. The first-order valence-corrected chi connectivity index (χ1v) is 6.28. The SMILES string of the molecule is Nc1cc(Br)ccc1Oc1cc(Cl)cc(Cl)c1. The van der Waals surface area contributed by atoms with E-state index in [9.17, 15) is 0 Å². The average molecular weight is 333 g/mol. The van der Waals surface area contributed by atoms with Gasteiger partial charge in [0.2, 0.25) is 0 Å². The third-order valence-electron chi connectivity index (χ3n) is 2.04. The second-order valence-electron chi connectivity index (χ2n) is 3.39. The first kappa shape index (κ1) is 12.6. The molecule has 2 nitrogen and oxygen atoms in total. The lowest BCUT2D eigenvalue weighted by atomic mass is 10.3. The molecule has 0 heterocycles. The summed E-state index contributed by atoms with van der Waals surface area (Å²) in [6.07, 6.45) is 0. The van der Waals surface area contributed by atoms with E-state index in [1.165, 1.54) is 0 Å². The van der Waals surface area contributed by atoms with Crippen molar-refractivity contribution < 1.29 is 4.74 Å². The first-order chi connectivity index (χ1) is 8.04. The zero-order valence-corrected chi connectivity index (χ0v) is 11.7. The predicted octanol–water partition coefficient (Wildman–Crippen LogP) is 5.13. The van der Waals surface area contributed by atoms with Crippen LogP contribution in [0.4, 0.5) is 5.69 Å². The number of benzene rings is 2. The van der Waals surface area contributed by atoms with Crippen LogP contribution in [0.15, 0.2) is 40.9 Å². The van der Waals surface area contributed by atoms with Crippen molar-refractivity contribution in [1.29, 1.82) is 0 Å². The molecule has 2 aromatic carbocycles. The summed E-state index contributed by atoms with van der Waals surface area (Å²) in [5, 5.41) is 1.03. The van der Waals surface area contributed by atoms with E-state index < -0.39 is 0 Å². The number of hydrogen-bond donors (Lipinski definition) is 1. The Hall–Kier alpha value is -0.900. The van der Waals surface area contributed by atoms with E-state index >= 15 is 0 Å². The van der Waals surface area contributed by atoms with Gasteiger partial charge in [-0.3, -0.25) is 0 Å². The van der Waals surface area contributed by atoms with Crippen LogP contribution >= 0.6 is 39.1 Å². The van der Waals surface area contributed by atoms with Crippen LogP contribution in [0.3, 0.4) is 0 Å². The molecule has 0 bridgehead atoms. The van der Waals surface area contributed by atoms with Gasteiger partial charge < -0.3 is 10.5 Å². The highest BCUT2D eigenvalue weighted by atomic mass is 79.9. The Labute approximate surface area is 117 Å². The van der Waals surface area contributed by atoms with E-state index in [0.29, 0.717) is 27.2 Å². The molecule has 0 fully saturated rings. The van der Waals surface area contributed by atoms with Crippen LogP contribution in [0.25, 0.3) is 0 Å². The molecule has 2 rings (SSSR count). The second-order valence-corrected chi connectivity index (χ2v) is 5.18. The van der Waals surface area contributed by atoms with Gasteiger partial charge in [0.1, 0.15) is 11.5 Å². The first-order valence-electron chi connectivity index (χ1n) is 4.73. The number of hydrogen-bond acceptors (Lipinski definition) is 2. The van der Waals surface area contributed by atoms with Crippen molar-refractivity contribution in [3.05, 3.63) is 50.9 Å². The fourth-order valence-electron chi connectivity index (χ4n) is 1.33. The third kappa shape index (κ3) is 3.28. The van der Waals surface area contributed by atoms with E-state index in [1.807, 2.05) is 6.07 Å². The molecule has 0 saturated carbocycles. The molecule has 0 amide bonds. The molecule has 5 heteroatoms. The maximum absolute atomic E-state index is 5.88. The lowest BCUT2D eigenvalue weighted by Crippen LogP contribution is -1.92. The lowest BCUT2D eigenvalue weighted by Gasteiger charge is -2.09. The molecule has 88 valence electrons. The topological polar surface area (TPSA) is 35.2 Å². The predicted molar refractivity (Wildman–Crippen MR) is 75.1 cm³/mol. The van der Waals surface area contributed by atoms with Gasteiger partial charge in [0.15, 0.2) is 0 Å². The Morgan fingerprint density at radius 2 is 1.65 bits per heavy atom. The van der Waals surface area contributed by atoms with E-state index in [1.54, 1.807) is 30.3 Å². The molecule has 0 aliphatic carbocycles. The maximum Gasteiger partial charge on any atom is 0.150 e. The summed E-state index contributed by atoms with van der Waals surface area (Å²) in [4.78, 5) is 0. The summed E-state index contributed by atoms with van der Waals surface area (Å²) in [7, 11) is 0. The standard InChI is InChI=1S/C12H8BrCl2NO/c13-7-1-2-12(11(16)3-7)17-10-5-8(14)4-9(15)6-10/h1-6H,16H2. The minimum absolute atomic E-state index is 0.517. The summed E-state index contributed by atoms with van der Waals surface area (Å²) >= 11 is 15.1. The van der Waals surface area contributed by atoms with Crippen molar-refractivity contribution in [1.82, 2.24) is 0 Å². The van der Waals surface area contributed by atoms with E-state index in [-0.39, 0.29) is 0 Å². The Bertz CT molecular complexity index is 540. The van der Waals surface area contributed by atoms with Gasteiger partial charge in [-0.05, 0) is 36.4 Å². The van der Waals surface area contributed by atoms with Crippen molar-refractivity contribution in [2.24, 2.45) is 0 Å². The quantitative estimate of drug-likeness (QED) is 0.773. The molecule has 0 unspecified atom stereocenters. The monoisotopic (exact) mass is 331 g/mol. The fraction of sp³-hybridized carbons (Fsp3) is 0. The lowest BCUT2D eigenvalue weighted by molar-refractivity contribution is 0.485. The number of rotatable bonds is 2. The molecule has 17 heavy (non-hydrogen) atoms. The van der Waals surface area contributed by atoms with Gasteiger partial charge in [-0.1, -0.05) is 39.1 Å². The van der Waals surface area contributed by atoms with Crippen LogP contribution in [0.5, 0.6) is 11.5 Å². The smallest absolute Gasteiger partial charge is 0.150 e. The average Bonchev–Trinajstić information content (AvgIpc) is 2.21. The van der Waals surface area contributed by atoms with Crippen molar-refractivity contribution >= 4 is 44.8 Å². The molecular weight excluding hydrogens is 325 g/mol. The molecule has 0 spiro atoms. The molecular formula is C12H8BrCl2NO. The molecule has 0 aromatic heterocycles. The number of halogens is 3. The van der Waals surface area contributed by atoms with Gasteiger partial charge in [-0.15, -0.1) is 0 Å². The molecule has 0 atom stereocenters. The molecule has 0 saturated heterocycles. The van der Waals surface area contributed by atoms with Crippen LogP contribution in [-0.4, -0.2) is 0 Å². The van der Waals surface area contributed by atoms with Crippen molar-refractivity contribution in [2.45, 2.75) is 0 Å². The van der Waals surface area contributed by atoms with Crippen LogP contribution in [0, 0.1) is 0 Å². The van der Waals surface area contributed by atoms with Crippen LogP contribution in [0.1, 0.15) is 0 Å². The summed E-state index contributed by atoms with van der Waals surface area (Å²) in [5.41, 5.74) is 6.36. The van der Waals surface area contributed by atoms with Gasteiger partial charge in [-0.25, -0.2) is 0 Å². The number of nitrogens with two attached hydrogens (primary N) is 1. The number of anilines is 1. The van der Waals surface area contributed by atoms with E-state index in [4.69, 9.17) is 33.7 Å². The molecule has 0 aliphatic heterocycles. The maximum atomic E-state index is 5.88. The summed E-state index contributed by atoms with van der Waals surface area (Å²) < 4.78 is 6.51. The summed E-state index contributed by atoms with van der Waals surface area (Å²) in [6, 6.07) is 10.4. The highest BCUT2D eigenvalue weighted by molar-refractivity contribution is 9.10. The van der Waals surface area contributed by atoms with Crippen LogP contribution in [-0.2, 0) is 0 Å². The molecule has 2 N–H and O–H groups in total. The number of ether oxygens (including phenoxy) is 1.